The number of nitrogens with zero attached hydrogens (tertiary/aromatic N) is 2. The molecule has 3 N–H and O–H groups in total. The number of H-pyrrole nitrogens is 1. The molecule has 2 heterocycles. The fraction of sp³-hybridized carbons (Fsp3) is 0.100. The van der Waals surface area contributed by atoms with E-state index in [0.29, 0.717) is 24.5 Å². The Balaban J connectivity index is 1.32. The Labute approximate surface area is 154 Å². The second-order valence-corrected chi connectivity index (χ2v) is 6.02. The first-order valence-corrected chi connectivity index (χ1v) is 8.58. The summed E-state index contributed by atoms with van der Waals surface area (Å²) in [5, 5.41) is 14.1. The zero-order chi connectivity index (χ0) is 18.6. The SMILES string of the molecule is O=C(NCCNC(=O)c1n[nH]c2ccccc12)c1ccc2ccccc2n1. The normalized spacial score (nSPS) is 10.8. The predicted molar refractivity (Wildman–Crippen MR) is 103 cm³/mol. The summed E-state index contributed by atoms with van der Waals surface area (Å²) in [5.74, 6) is -0.564. The minimum Gasteiger partial charge on any atom is -0.349 e. The number of hydrogen-bond acceptors (Lipinski definition) is 4. The van der Waals surface area contributed by atoms with Crippen LogP contribution < -0.4 is 10.6 Å². The van der Waals surface area contributed by atoms with Crippen LogP contribution in [-0.2, 0) is 0 Å². The maximum Gasteiger partial charge on any atom is 0.272 e. The van der Waals surface area contributed by atoms with E-state index < -0.39 is 0 Å². The lowest BCUT2D eigenvalue weighted by molar-refractivity contribution is 0.0923. The fourth-order valence-corrected chi connectivity index (χ4v) is 2.86. The number of para-hydroxylation sites is 2. The van der Waals surface area contributed by atoms with Crippen LogP contribution in [0.2, 0.25) is 0 Å². The topological polar surface area (TPSA) is 99.8 Å². The van der Waals surface area contributed by atoms with Crippen LogP contribution in [-0.4, -0.2) is 40.1 Å². The van der Waals surface area contributed by atoms with E-state index >= 15 is 0 Å². The largest absolute Gasteiger partial charge is 0.349 e. The number of carbonyl (C=O) groups excluding carboxylic acids is 2. The third kappa shape index (κ3) is 3.48. The minimum atomic E-state index is -0.287. The second kappa shape index (κ2) is 7.25. The molecule has 0 unspecified atom stereocenters. The Hall–Kier alpha value is -3.74. The molecule has 4 aromatic rings. The van der Waals surface area contributed by atoms with Crippen LogP contribution in [0.4, 0.5) is 0 Å². The van der Waals surface area contributed by atoms with E-state index in [1.807, 2.05) is 54.6 Å². The van der Waals surface area contributed by atoms with Gasteiger partial charge in [-0.05, 0) is 18.2 Å². The molecule has 0 aliphatic carbocycles. The van der Waals surface area contributed by atoms with Gasteiger partial charge in [-0.1, -0.05) is 42.5 Å². The maximum absolute atomic E-state index is 12.3. The molecule has 0 saturated carbocycles. The molecular weight excluding hydrogens is 342 g/mol. The van der Waals surface area contributed by atoms with Crippen molar-refractivity contribution >= 4 is 33.6 Å². The fourth-order valence-electron chi connectivity index (χ4n) is 2.86. The molecule has 2 amide bonds. The van der Waals surface area contributed by atoms with Crippen LogP contribution >= 0.6 is 0 Å². The highest BCUT2D eigenvalue weighted by molar-refractivity contribution is 6.04. The molecule has 2 aromatic heterocycles. The van der Waals surface area contributed by atoms with Gasteiger partial charge in [-0.15, -0.1) is 0 Å². The van der Waals surface area contributed by atoms with E-state index in [-0.39, 0.29) is 11.8 Å². The third-order valence-corrected chi connectivity index (χ3v) is 4.21. The molecule has 0 atom stereocenters. The van der Waals surface area contributed by atoms with E-state index in [9.17, 15) is 9.59 Å². The van der Waals surface area contributed by atoms with E-state index in [1.165, 1.54) is 0 Å². The van der Waals surface area contributed by atoms with Crippen LogP contribution in [0.15, 0.2) is 60.7 Å². The van der Waals surface area contributed by atoms with Crippen molar-refractivity contribution in [1.82, 2.24) is 25.8 Å². The van der Waals surface area contributed by atoms with Gasteiger partial charge in [0.2, 0.25) is 0 Å². The Bertz CT molecular complexity index is 1140. The first-order valence-electron chi connectivity index (χ1n) is 8.58. The van der Waals surface area contributed by atoms with Gasteiger partial charge >= 0.3 is 0 Å². The van der Waals surface area contributed by atoms with Gasteiger partial charge in [-0.2, -0.15) is 5.10 Å². The van der Waals surface area contributed by atoms with Crippen LogP contribution in [0, 0.1) is 0 Å². The molecule has 0 aliphatic rings. The van der Waals surface area contributed by atoms with Crippen LogP contribution in [0.25, 0.3) is 21.8 Å². The van der Waals surface area contributed by atoms with Crippen molar-refractivity contribution in [3.63, 3.8) is 0 Å². The van der Waals surface area contributed by atoms with Gasteiger partial charge < -0.3 is 10.6 Å². The number of aromatic nitrogens is 3. The highest BCUT2D eigenvalue weighted by atomic mass is 16.2. The van der Waals surface area contributed by atoms with Gasteiger partial charge in [0.05, 0.1) is 11.0 Å². The summed E-state index contributed by atoms with van der Waals surface area (Å²) in [6, 6.07) is 18.6. The minimum absolute atomic E-state index is 0.278. The number of amides is 2. The number of carbonyl (C=O) groups is 2. The van der Waals surface area contributed by atoms with Crippen LogP contribution in [0.1, 0.15) is 21.0 Å². The van der Waals surface area contributed by atoms with Gasteiger partial charge in [0, 0.05) is 23.9 Å². The molecule has 0 saturated heterocycles. The zero-order valence-electron chi connectivity index (χ0n) is 14.4. The maximum atomic E-state index is 12.3. The van der Waals surface area contributed by atoms with Crippen molar-refractivity contribution in [2.45, 2.75) is 0 Å². The average molecular weight is 359 g/mol. The smallest absolute Gasteiger partial charge is 0.272 e. The molecule has 27 heavy (non-hydrogen) atoms. The van der Waals surface area contributed by atoms with Crippen molar-refractivity contribution in [2.24, 2.45) is 0 Å². The molecule has 0 spiro atoms. The number of aromatic amines is 1. The molecular formula is C20H17N5O2. The van der Waals surface area contributed by atoms with E-state index in [2.05, 4.69) is 25.8 Å². The van der Waals surface area contributed by atoms with Crippen molar-refractivity contribution < 1.29 is 9.59 Å². The van der Waals surface area contributed by atoms with E-state index in [0.717, 1.165) is 21.8 Å². The van der Waals surface area contributed by atoms with E-state index in [1.54, 1.807) is 6.07 Å². The number of fused-ring (bicyclic) bond motifs is 2. The lowest BCUT2D eigenvalue weighted by Gasteiger charge is -2.07. The number of hydrogen-bond donors (Lipinski definition) is 3. The molecule has 134 valence electrons. The molecule has 0 aliphatic heterocycles. The Morgan fingerprint density at radius 1 is 0.852 bits per heavy atom. The summed E-state index contributed by atoms with van der Waals surface area (Å²) in [5.41, 5.74) is 2.26. The number of rotatable bonds is 5. The summed E-state index contributed by atoms with van der Waals surface area (Å²) >= 11 is 0. The third-order valence-electron chi connectivity index (χ3n) is 4.21. The zero-order valence-corrected chi connectivity index (χ0v) is 14.4. The first-order chi connectivity index (χ1) is 13.2. The van der Waals surface area contributed by atoms with Gasteiger partial charge in [0.1, 0.15) is 5.69 Å². The Morgan fingerprint density at radius 3 is 2.48 bits per heavy atom. The number of benzene rings is 2. The van der Waals surface area contributed by atoms with Crippen molar-refractivity contribution in [2.75, 3.05) is 13.1 Å². The van der Waals surface area contributed by atoms with Crippen LogP contribution in [0.3, 0.4) is 0 Å². The molecule has 0 radical (unpaired) electrons. The molecule has 4 rings (SSSR count). The van der Waals surface area contributed by atoms with Gasteiger partial charge in [-0.25, -0.2) is 4.98 Å². The first kappa shape index (κ1) is 16.7. The lowest BCUT2D eigenvalue weighted by Crippen LogP contribution is -2.35. The lowest BCUT2D eigenvalue weighted by atomic mass is 10.2. The number of pyridine rings is 1. The van der Waals surface area contributed by atoms with Crippen molar-refractivity contribution in [1.29, 1.82) is 0 Å². The predicted octanol–water partition coefficient (Wildman–Crippen LogP) is 2.27. The van der Waals surface area contributed by atoms with Gasteiger partial charge in [-0.3, -0.25) is 14.7 Å². The summed E-state index contributed by atoms with van der Waals surface area (Å²) < 4.78 is 0. The Kier molecular flexibility index (Phi) is 4.49. The van der Waals surface area contributed by atoms with Crippen molar-refractivity contribution in [3.05, 3.63) is 72.1 Å². The number of nitrogens with one attached hydrogen (secondary N) is 3. The molecule has 0 bridgehead atoms. The summed E-state index contributed by atoms with van der Waals surface area (Å²) in [4.78, 5) is 28.8. The monoisotopic (exact) mass is 359 g/mol. The standard InChI is InChI=1S/C20H17N5O2/c26-19(17-10-9-13-5-1-3-7-15(13)23-17)21-11-12-22-20(27)18-14-6-2-4-8-16(14)24-25-18/h1-10H,11-12H2,(H,21,26)(H,22,27)(H,24,25). The molecule has 2 aromatic carbocycles. The Morgan fingerprint density at radius 2 is 1.59 bits per heavy atom. The molecule has 7 heteroatoms. The second-order valence-electron chi connectivity index (χ2n) is 6.02. The quantitative estimate of drug-likeness (QED) is 0.476. The van der Waals surface area contributed by atoms with Crippen LogP contribution in [0.5, 0.6) is 0 Å². The average Bonchev–Trinajstić information content (AvgIpc) is 3.15. The highest BCUT2D eigenvalue weighted by Crippen LogP contribution is 2.14. The summed E-state index contributed by atoms with van der Waals surface area (Å²) in [7, 11) is 0. The molecule has 7 nitrogen and oxygen atoms in total. The molecule has 0 fully saturated rings. The van der Waals surface area contributed by atoms with Gasteiger partial charge in [0.25, 0.3) is 11.8 Å². The van der Waals surface area contributed by atoms with Gasteiger partial charge in [0.15, 0.2) is 5.69 Å². The highest BCUT2D eigenvalue weighted by Gasteiger charge is 2.13. The summed E-state index contributed by atoms with van der Waals surface area (Å²) in [6.07, 6.45) is 0. The summed E-state index contributed by atoms with van der Waals surface area (Å²) in [6.45, 7) is 0.584. The van der Waals surface area contributed by atoms with E-state index in [4.69, 9.17) is 0 Å². The van der Waals surface area contributed by atoms with Crippen molar-refractivity contribution in [3.8, 4) is 0 Å².